The second-order valence-corrected chi connectivity index (χ2v) is 4.53. The highest BCUT2D eigenvalue weighted by Gasteiger charge is 2.31. The van der Waals surface area contributed by atoms with E-state index in [1.807, 2.05) is 42.1 Å². The average Bonchev–Trinajstić information content (AvgIpc) is 3.04. The van der Waals surface area contributed by atoms with Gasteiger partial charge in [0, 0.05) is 23.9 Å². The fourth-order valence-electron chi connectivity index (χ4n) is 2.39. The van der Waals surface area contributed by atoms with E-state index in [0.717, 1.165) is 23.4 Å². The van der Waals surface area contributed by atoms with Gasteiger partial charge in [-0.05, 0) is 13.0 Å². The molecule has 2 unspecified atom stereocenters. The van der Waals surface area contributed by atoms with Crippen molar-refractivity contribution in [2.75, 3.05) is 6.61 Å². The Morgan fingerprint density at radius 1 is 1.50 bits per heavy atom. The van der Waals surface area contributed by atoms with E-state index in [-0.39, 0.29) is 5.92 Å². The second kappa shape index (κ2) is 4.46. The Hall–Kier alpha value is -1.81. The van der Waals surface area contributed by atoms with E-state index in [4.69, 9.17) is 4.74 Å². The van der Waals surface area contributed by atoms with Crippen molar-refractivity contribution in [3.8, 4) is 5.75 Å². The summed E-state index contributed by atoms with van der Waals surface area (Å²) in [6.07, 6.45) is 3.06. The monoisotopic (exact) mass is 244 g/mol. The molecule has 0 bridgehead atoms. The molecule has 1 aromatic carbocycles. The first kappa shape index (κ1) is 11.3. The average molecular weight is 244 g/mol. The van der Waals surface area contributed by atoms with Gasteiger partial charge in [0.2, 0.25) is 0 Å². The van der Waals surface area contributed by atoms with Crippen LogP contribution in [-0.4, -0.2) is 21.5 Å². The van der Waals surface area contributed by atoms with Crippen molar-refractivity contribution in [1.82, 2.24) is 9.78 Å². The molecule has 1 aliphatic heterocycles. The van der Waals surface area contributed by atoms with Crippen LogP contribution in [0.25, 0.3) is 0 Å². The van der Waals surface area contributed by atoms with Crippen LogP contribution in [-0.2, 0) is 6.54 Å². The van der Waals surface area contributed by atoms with Crippen LogP contribution in [0.3, 0.4) is 0 Å². The van der Waals surface area contributed by atoms with Crippen molar-refractivity contribution in [1.29, 1.82) is 0 Å². The lowest BCUT2D eigenvalue weighted by Gasteiger charge is -2.15. The van der Waals surface area contributed by atoms with Gasteiger partial charge in [-0.25, -0.2) is 0 Å². The number of aromatic nitrogens is 2. The van der Waals surface area contributed by atoms with Gasteiger partial charge in [-0.1, -0.05) is 18.2 Å². The van der Waals surface area contributed by atoms with Crippen molar-refractivity contribution in [2.24, 2.45) is 0 Å². The number of para-hydroxylation sites is 1. The van der Waals surface area contributed by atoms with Gasteiger partial charge in [-0.3, -0.25) is 4.68 Å². The van der Waals surface area contributed by atoms with E-state index >= 15 is 0 Å². The number of ether oxygens (including phenoxy) is 1. The number of rotatable bonds is 3. The number of nitrogens with zero attached hydrogens (tertiary/aromatic N) is 2. The summed E-state index contributed by atoms with van der Waals surface area (Å²) < 4.78 is 7.42. The molecule has 1 aromatic heterocycles. The normalized spacial score (nSPS) is 19.3. The Balaban J connectivity index is 1.88. The van der Waals surface area contributed by atoms with Crippen molar-refractivity contribution in [3.63, 3.8) is 0 Å². The largest absolute Gasteiger partial charge is 0.493 e. The molecule has 4 nitrogen and oxygen atoms in total. The third-order valence-electron chi connectivity index (χ3n) is 3.44. The van der Waals surface area contributed by atoms with Gasteiger partial charge in [0.1, 0.15) is 5.75 Å². The van der Waals surface area contributed by atoms with Gasteiger partial charge in [0.05, 0.1) is 24.8 Å². The molecule has 0 amide bonds. The van der Waals surface area contributed by atoms with E-state index in [9.17, 15) is 5.11 Å². The summed E-state index contributed by atoms with van der Waals surface area (Å²) in [5, 5.41) is 14.6. The van der Waals surface area contributed by atoms with Crippen LogP contribution in [0.1, 0.15) is 30.1 Å². The quantitative estimate of drug-likeness (QED) is 0.899. The maximum atomic E-state index is 10.4. The Kier molecular flexibility index (Phi) is 2.80. The van der Waals surface area contributed by atoms with Crippen LogP contribution in [0.15, 0.2) is 36.7 Å². The first-order chi connectivity index (χ1) is 8.79. The lowest BCUT2D eigenvalue weighted by atomic mass is 9.92. The summed E-state index contributed by atoms with van der Waals surface area (Å²) in [7, 11) is 0. The zero-order chi connectivity index (χ0) is 12.5. The summed E-state index contributed by atoms with van der Waals surface area (Å²) in [6, 6.07) is 7.88. The molecule has 3 rings (SSSR count). The minimum Gasteiger partial charge on any atom is -0.493 e. The molecule has 94 valence electrons. The number of aliphatic hydroxyl groups is 1. The molecule has 1 N–H and O–H groups in total. The third-order valence-corrected chi connectivity index (χ3v) is 3.44. The van der Waals surface area contributed by atoms with Crippen LogP contribution in [0, 0.1) is 0 Å². The Morgan fingerprint density at radius 3 is 3.11 bits per heavy atom. The molecular formula is C14H16N2O2. The lowest BCUT2D eigenvalue weighted by Crippen LogP contribution is -2.11. The molecule has 4 heteroatoms. The van der Waals surface area contributed by atoms with E-state index in [1.54, 1.807) is 6.20 Å². The molecule has 2 heterocycles. The zero-order valence-electron chi connectivity index (χ0n) is 10.3. The highest BCUT2D eigenvalue weighted by molar-refractivity contribution is 5.41. The number of aryl methyl sites for hydroxylation is 1. The van der Waals surface area contributed by atoms with Gasteiger partial charge < -0.3 is 9.84 Å². The summed E-state index contributed by atoms with van der Waals surface area (Å²) in [4.78, 5) is 0. The van der Waals surface area contributed by atoms with Crippen molar-refractivity contribution >= 4 is 0 Å². The van der Waals surface area contributed by atoms with Gasteiger partial charge in [0.15, 0.2) is 0 Å². The highest BCUT2D eigenvalue weighted by Crippen LogP contribution is 2.40. The van der Waals surface area contributed by atoms with Gasteiger partial charge in [-0.2, -0.15) is 5.10 Å². The maximum Gasteiger partial charge on any atom is 0.123 e. The van der Waals surface area contributed by atoms with Crippen molar-refractivity contribution in [2.45, 2.75) is 25.5 Å². The van der Waals surface area contributed by atoms with Crippen LogP contribution < -0.4 is 4.74 Å². The Morgan fingerprint density at radius 2 is 2.33 bits per heavy atom. The third kappa shape index (κ3) is 1.78. The number of aliphatic hydroxyl groups excluding tert-OH is 1. The molecule has 2 aromatic rings. The lowest BCUT2D eigenvalue weighted by molar-refractivity contribution is 0.130. The fourth-order valence-corrected chi connectivity index (χ4v) is 2.39. The summed E-state index contributed by atoms with van der Waals surface area (Å²) in [6.45, 7) is 3.36. The van der Waals surface area contributed by atoms with E-state index in [2.05, 4.69) is 5.10 Å². The summed E-state index contributed by atoms with van der Waals surface area (Å²) in [5.41, 5.74) is 1.93. The molecule has 2 atom stereocenters. The van der Waals surface area contributed by atoms with E-state index < -0.39 is 6.10 Å². The van der Waals surface area contributed by atoms with E-state index in [1.165, 1.54) is 0 Å². The standard InChI is InChI=1S/C14H16N2O2/c1-2-16-8-10(7-15-16)14(17)12-9-18-13-6-4-3-5-11(12)13/h3-8,12,14,17H,2,9H2,1H3. The smallest absolute Gasteiger partial charge is 0.123 e. The number of hydrogen-bond acceptors (Lipinski definition) is 3. The van der Waals surface area contributed by atoms with Gasteiger partial charge in [-0.15, -0.1) is 0 Å². The van der Waals surface area contributed by atoms with Gasteiger partial charge in [0.25, 0.3) is 0 Å². The molecule has 0 saturated heterocycles. The van der Waals surface area contributed by atoms with Crippen LogP contribution in [0.4, 0.5) is 0 Å². The highest BCUT2D eigenvalue weighted by atomic mass is 16.5. The molecule has 0 fully saturated rings. The summed E-state index contributed by atoms with van der Waals surface area (Å²) in [5.74, 6) is 0.875. The molecule has 18 heavy (non-hydrogen) atoms. The Labute approximate surface area is 106 Å². The zero-order valence-corrected chi connectivity index (χ0v) is 10.3. The van der Waals surface area contributed by atoms with Gasteiger partial charge >= 0.3 is 0 Å². The topological polar surface area (TPSA) is 47.3 Å². The molecular weight excluding hydrogens is 228 g/mol. The van der Waals surface area contributed by atoms with Crippen LogP contribution in [0.5, 0.6) is 5.75 Å². The molecule has 0 spiro atoms. The maximum absolute atomic E-state index is 10.4. The van der Waals surface area contributed by atoms with E-state index in [0.29, 0.717) is 6.61 Å². The molecule has 0 saturated carbocycles. The fraction of sp³-hybridized carbons (Fsp3) is 0.357. The number of benzene rings is 1. The molecule has 1 aliphatic rings. The first-order valence-electron chi connectivity index (χ1n) is 6.21. The summed E-state index contributed by atoms with van der Waals surface area (Å²) >= 11 is 0. The van der Waals surface area contributed by atoms with Crippen LogP contribution >= 0.6 is 0 Å². The van der Waals surface area contributed by atoms with Crippen LogP contribution in [0.2, 0.25) is 0 Å². The van der Waals surface area contributed by atoms with Crippen molar-refractivity contribution in [3.05, 3.63) is 47.8 Å². The number of hydrogen-bond donors (Lipinski definition) is 1. The second-order valence-electron chi connectivity index (χ2n) is 4.53. The van der Waals surface area contributed by atoms with Crippen molar-refractivity contribution < 1.29 is 9.84 Å². The number of fused-ring (bicyclic) bond motifs is 1. The first-order valence-corrected chi connectivity index (χ1v) is 6.21. The Bertz CT molecular complexity index is 550. The predicted molar refractivity (Wildman–Crippen MR) is 67.5 cm³/mol. The minimum atomic E-state index is -0.561. The molecule has 0 radical (unpaired) electrons. The SMILES string of the molecule is CCn1cc(C(O)C2COc3ccccc32)cn1. The molecule has 0 aliphatic carbocycles. The minimum absolute atomic E-state index is 0.00398. The predicted octanol–water partition coefficient (Wildman–Crippen LogP) is 2.11.